The number of nitrogens with zero attached hydrogens (tertiary/aromatic N) is 1. The lowest BCUT2D eigenvalue weighted by molar-refractivity contribution is -0.117. The predicted molar refractivity (Wildman–Crippen MR) is 131 cm³/mol. The molecule has 0 aliphatic rings. The van der Waals surface area contributed by atoms with E-state index in [1.54, 1.807) is 68.0 Å². The molecule has 172 valence electrons. The minimum absolute atomic E-state index is 0.0933. The molecule has 4 aromatic rings. The number of carbonyl (C=O) groups excluding carboxylic acids is 2. The van der Waals surface area contributed by atoms with E-state index in [0.29, 0.717) is 22.7 Å². The number of benzene rings is 3. The molecule has 0 saturated carbocycles. The van der Waals surface area contributed by atoms with E-state index in [9.17, 15) is 9.59 Å². The number of pyridine rings is 1. The molecule has 4 rings (SSSR count). The fourth-order valence-electron chi connectivity index (χ4n) is 3.59. The molecule has 1 unspecified atom stereocenters. The molecule has 0 radical (unpaired) electrons. The summed E-state index contributed by atoms with van der Waals surface area (Å²) in [6.07, 6.45) is 3.49. The average Bonchev–Trinajstić information content (AvgIpc) is 2.88. The first kappa shape index (κ1) is 22.9. The second-order valence-corrected chi connectivity index (χ2v) is 7.72. The van der Waals surface area contributed by atoms with Crippen LogP contribution in [0, 0.1) is 0 Å². The zero-order chi connectivity index (χ0) is 23.9. The van der Waals surface area contributed by atoms with Crippen molar-refractivity contribution in [2.75, 3.05) is 25.6 Å². The first-order chi connectivity index (χ1) is 16.6. The van der Waals surface area contributed by atoms with E-state index in [4.69, 9.17) is 15.2 Å². The van der Waals surface area contributed by atoms with Crippen LogP contribution in [0.2, 0.25) is 0 Å². The standard InChI is InChI=1S/C27H25N3O4/c1-33-23-8-5-19(6-9-23)26(31)17-34-24-10-3-18(4-11-24)25(15-28)27(32)30-22-7-2-21-16-29-13-12-20(21)14-22/h2-14,16,25H,15,17,28H2,1H3,(H,30,32). The number of hydrogen-bond donors (Lipinski definition) is 2. The molecule has 7 heteroatoms. The number of nitrogens with two attached hydrogens (primary N) is 1. The molecule has 1 atom stereocenters. The highest BCUT2D eigenvalue weighted by Gasteiger charge is 2.19. The van der Waals surface area contributed by atoms with Gasteiger partial charge in [-0.05, 0) is 65.5 Å². The number of ketones is 1. The summed E-state index contributed by atoms with van der Waals surface area (Å²) in [6.45, 7) is 0.0590. The van der Waals surface area contributed by atoms with Crippen molar-refractivity contribution in [2.24, 2.45) is 5.73 Å². The molecule has 0 saturated heterocycles. The Morgan fingerprint density at radius 3 is 2.38 bits per heavy atom. The van der Waals surface area contributed by atoms with Crippen molar-refractivity contribution in [3.05, 3.63) is 96.3 Å². The second-order valence-electron chi connectivity index (χ2n) is 7.72. The van der Waals surface area contributed by atoms with Gasteiger partial charge < -0.3 is 20.5 Å². The fraction of sp³-hybridized carbons (Fsp3) is 0.148. The highest BCUT2D eigenvalue weighted by Crippen LogP contribution is 2.23. The van der Waals surface area contributed by atoms with E-state index in [2.05, 4.69) is 10.3 Å². The van der Waals surface area contributed by atoms with Crippen LogP contribution in [0.15, 0.2) is 85.2 Å². The molecule has 0 bridgehead atoms. The van der Waals surface area contributed by atoms with E-state index in [-0.39, 0.29) is 24.8 Å². The van der Waals surface area contributed by atoms with Gasteiger partial charge in [0.05, 0.1) is 13.0 Å². The van der Waals surface area contributed by atoms with Crippen LogP contribution in [-0.4, -0.2) is 36.9 Å². The van der Waals surface area contributed by atoms with E-state index in [1.165, 1.54) is 0 Å². The number of rotatable bonds is 9. The molecule has 7 nitrogen and oxygen atoms in total. The Bertz CT molecular complexity index is 1290. The van der Waals surface area contributed by atoms with Gasteiger partial charge >= 0.3 is 0 Å². The molecule has 0 aliphatic carbocycles. The maximum Gasteiger partial charge on any atom is 0.233 e. The van der Waals surface area contributed by atoms with Gasteiger partial charge in [0.15, 0.2) is 12.4 Å². The van der Waals surface area contributed by atoms with Crippen LogP contribution in [0.25, 0.3) is 10.8 Å². The summed E-state index contributed by atoms with van der Waals surface area (Å²) in [5, 5.41) is 4.93. The number of methoxy groups -OCH3 is 1. The van der Waals surface area contributed by atoms with Gasteiger partial charge in [-0.2, -0.15) is 0 Å². The van der Waals surface area contributed by atoms with Crippen LogP contribution in [0.5, 0.6) is 11.5 Å². The van der Waals surface area contributed by atoms with Gasteiger partial charge in [0.1, 0.15) is 11.5 Å². The van der Waals surface area contributed by atoms with E-state index in [0.717, 1.165) is 16.3 Å². The first-order valence-electron chi connectivity index (χ1n) is 10.8. The monoisotopic (exact) mass is 455 g/mol. The zero-order valence-electron chi connectivity index (χ0n) is 18.7. The number of amides is 1. The van der Waals surface area contributed by atoms with Gasteiger partial charge in [0.2, 0.25) is 5.91 Å². The van der Waals surface area contributed by atoms with Gasteiger partial charge in [-0.15, -0.1) is 0 Å². The van der Waals surface area contributed by atoms with Crippen LogP contribution in [-0.2, 0) is 4.79 Å². The van der Waals surface area contributed by atoms with Crippen molar-refractivity contribution in [3.8, 4) is 11.5 Å². The SMILES string of the molecule is COc1ccc(C(=O)COc2ccc(C(CN)C(=O)Nc3ccc4cnccc4c3)cc2)cc1. The number of carbonyl (C=O) groups is 2. The molecular weight excluding hydrogens is 430 g/mol. The topological polar surface area (TPSA) is 104 Å². The van der Waals surface area contributed by atoms with Crippen LogP contribution < -0.4 is 20.5 Å². The number of Topliss-reactive ketones (excluding diaryl/α,β-unsaturated/α-hetero) is 1. The van der Waals surface area contributed by atoms with Crippen LogP contribution in [0.3, 0.4) is 0 Å². The molecule has 3 aromatic carbocycles. The number of hydrogen-bond acceptors (Lipinski definition) is 6. The van der Waals surface area contributed by atoms with E-state index in [1.807, 2.05) is 24.3 Å². The Balaban J connectivity index is 1.37. The Morgan fingerprint density at radius 1 is 0.941 bits per heavy atom. The van der Waals surface area contributed by atoms with Gasteiger partial charge in [-0.25, -0.2) is 0 Å². The summed E-state index contributed by atoms with van der Waals surface area (Å²) in [5.74, 6) is 0.355. The number of fused-ring (bicyclic) bond motifs is 1. The van der Waals surface area contributed by atoms with Crippen LogP contribution in [0.1, 0.15) is 21.8 Å². The Labute approximate surface area is 197 Å². The number of anilines is 1. The smallest absolute Gasteiger partial charge is 0.233 e. The molecule has 1 amide bonds. The highest BCUT2D eigenvalue weighted by atomic mass is 16.5. The van der Waals surface area contributed by atoms with Gasteiger partial charge in [-0.1, -0.05) is 18.2 Å². The minimum Gasteiger partial charge on any atom is -0.497 e. The molecule has 1 aromatic heterocycles. The fourth-order valence-corrected chi connectivity index (χ4v) is 3.59. The predicted octanol–water partition coefficient (Wildman–Crippen LogP) is 4.19. The van der Waals surface area contributed by atoms with Crippen LogP contribution in [0.4, 0.5) is 5.69 Å². The molecule has 0 spiro atoms. The zero-order valence-corrected chi connectivity index (χ0v) is 18.7. The quantitative estimate of drug-likeness (QED) is 0.367. The molecule has 34 heavy (non-hydrogen) atoms. The Kier molecular flexibility index (Phi) is 7.15. The maximum absolute atomic E-state index is 12.9. The summed E-state index contributed by atoms with van der Waals surface area (Å²) in [6, 6.07) is 21.4. The third-order valence-electron chi connectivity index (χ3n) is 5.52. The highest BCUT2D eigenvalue weighted by molar-refractivity contribution is 5.98. The minimum atomic E-state index is -0.525. The van der Waals surface area contributed by atoms with Crippen molar-refractivity contribution in [1.82, 2.24) is 4.98 Å². The Hall–Kier alpha value is -4.23. The second kappa shape index (κ2) is 10.6. The maximum atomic E-state index is 12.9. The van der Waals surface area contributed by atoms with Gasteiger partial charge in [0, 0.05) is 35.6 Å². The van der Waals surface area contributed by atoms with Crippen molar-refractivity contribution in [1.29, 1.82) is 0 Å². The summed E-state index contributed by atoms with van der Waals surface area (Å²) in [5.41, 5.74) is 7.92. The third kappa shape index (κ3) is 5.39. The number of aromatic nitrogens is 1. The average molecular weight is 456 g/mol. The van der Waals surface area contributed by atoms with E-state index < -0.39 is 5.92 Å². The van der Waals surface area contributed by atoms with Gasteiger partial charge in [-0.3, -0.25) is 14.6 Å². The Morgan fingerprint density at radius 2 is 1.68 bits per heavy atom. The number of ether oxygens (including phenoxy) is 2. The lowest BCUT2D eigenvalue weighted by atomic mass is 9.98. The first-order valence-corrected chi connectivity index (χ1v) is 10.8. The van der Waals surface area contributed by atoms with Crippen molar-refractivity contribution >= 4 is 28.2 Å². The van der Waals surface area contributed by atoms with Gasteiger partial charge in [0.25, 0.3) is 0 Å². The lowest BCUT2D eigenvalue weighted by Gasteiger charge is -2.16. The lowest BCUT2D eigenvalue weighted by Crippen LogP contribution is -2.27. The molecule has 0 aliphatic heterocycles. The summed E-state index contributed by atoms with van der Waals surface area (Å²) >= 11 is 0. The van der Waals surface area contributed by atoms with E-state index >= 15 is 0 Å². The third-order valence-corrected chi connectivity index (χ3v) is 5.52. The van der Waals surface area contributed by atoms with Crippen molar-refractivity contribution in [3.63, 3.8) is 0 Å². The van der Waals surface area contributed by atoms with Crippen LogP contribution >= 0.6 is 0 Å². The molecule has 1 heterocycles. The van der Waals surface area contributed by atoms with Crippen molar-refractivity contribution in [2.45, 2.75) is 5.92 Å². The molecule has 0 fully saturated rings. The van der Waals surface area contributed by atoms with Crippen molar-refractivity contribution < 1.29 is 19.1 Å². The number of nitrogens with one attached hydrogen (secondary N) is 1. The summed E-state index contributed by atoms with van der Waals surface area (Å²) in [4.78, 5) is 29.3. The molecular formula is C27H25N3O4. The largest absolute Gasteiger partial charge is 0.497 e. The summed E-state index contributed by atoms with van der Waals surface area (Å²) < 4.78 is 10.7. The normalized spacial score (nSPS) is 11.6. The summed E-state index contributed by atoms with van der Waals surface area (Å²) in [7, 11) is 1.57. The molecule has 3 N–H and O–H groups in total.